The van der Waals surface area contributed by atoms with Crippen LogP contribution < -0.4 is 0 Å². The molecule has 2 aromatic heterocycles. The Labute approximate surface area is 167 Å². The number of halogens is 1. The van der Waals surface area contributed by atoms with Crippen molar-refractivity contribution >= 4 is 23.3 Å². The van der Waals surface area contributed by atoms with Gasteiger partial charge in [-0.2, -0.15) is 0 Å². The summed E-state index contributed by atoms with van der Waals surface area (Å²) >= 11 is 0. The SMILES string of the molecule is Cc1ccc(C)c(Cn2c(C)c(C)c3ccnc(-c4ccccc4)c32)c1.Cl. The predicted octanol–water partition coefficient (Wildman–Crippen LogP) is 6.41. The fourth-order valence-electron chi connectivity index (χ4n) is 3.74. The van der Waals surface area contributed by atoms with E-state index >= 15 is 0 Å². The highest BCUT2D eigenvalue weighted by Crippen LogP contribution is 2.33. The van der Waals surface area contributed by atoms with Gasteiger partial charge in [0.1, 0.15) is 0 Å². The van der Waals surface area contributed by atoms with Crippen molar-refractivity contribution < 1.29 is 0 Å². The summed E-state index contributed by atoms with van der Waals surface area (Å²) in [5.41, 5.74) is 10.1. The van der Waals surface area contributed by atoms with Crippen molar-refractivity contribution in [3.05, 3.63) is 88.7 Å². The minimum Gasteiger partial charge on any atom is -0.338 e. The summed E-state index contributed by atoms with van der Waals surface area (Å²) in [4.78, 5) is 4.75. The third-order valence-corrected chi connectivity index (χ3v) is 5.43. The quantitative estimate of drug-likeness (QED) is 0.404. The van der Waals surface area contributed by atoms with E-state index in [1.54, 1.807) is 0 Å². The highest BCUT2D eigenvalue weighted by molar-refractivity contribution is 5.95. The number of rotatable bonds is 3. The summed E-state index contributed by atoms with van der Waals surface area (Å²) in [5, 5.41) is 1.29. The molecule has 4 rings (SSSR count). The van der Waals surface area contributed by atoms with Crippen LogP contribution in [0.4, 0.5) is 0 Å². The lowest BCUT2D eigenvalue weighted by atomic mass is 10.1. The molecule has 0 saturated heterocycles. The summed E-state index contributed by atoms with van der Waals surface area (Å²) < 4.78 is 2.43. The Morgan fingerprint density at radius 3 is 2.37 bits per heavy atom. The number of hydrogen-bond acceptors (Lipinski definition) is 1. The molecule has 2 heterocycles. The normalized spacial score (nSPS) is 10.8. The minimum atomic E-state index is 0. The maximum absolute atomic E-state index is 4.75. The Hall–Kier alpha value is -2.58. The molecule has 0 aliphatic carbocycles. The van der Waals surface area contributed by atoms with E-state index in [0.29, 0.717) is 0 Å². The summed E-state index contributed by atoms with van der Waals surface area (Å²) in [5.74, 6) is 0. The zero-order valence-electron chi connectivity index (χ0n) is 16.3. The van der Waals surface area contributed by atoms with Gasteiger partial charge in [0, 0.05) is 29.4 Å². The molecule has 0 aliphatic heterocycles. The van der Waals surface area contributed by atoms with E-state index in [-0.39, 0.29) is 12.4 Å². The maximum Gasteiger partial charge on any atom is 0.0945 e. The minimum absolute atomic E-state index is 0. The zero-order valence-corrected chi connectivity index (χ0v) is 17.1. The van der Waals surface area contributed by atoms with Crippen LogP contribution in [0.5, 0.6) is 0 Å². The smallest absolute Gasteiger partial charge is 0.0945 e. The van der Waals surface area contributed by atoms with E-state index in [4.69, 9.17) is 4.98 Å². The van der Waals surface area contributed by atoms with Crippen molar-refractivity contribution in [2.45, 2.75) is 34.2 Å². The number of nitrogens with zero attached hydrogens (tertiary/aromatic N) is 2. The standard InChI is InChI=1S/C24H24N2.ClH/c1-16-10-11-17(2)21(14-16)15-26-19(4)18(3)22-12-13-25-23(24(22)26)20-8-6-5-7-9-20;/h5-14H,15H2,1-4H3;1H. The molecule has 0 fully saturated rings. The maximum atomic E-state index is 4.75. The molecule has 27 heavy (non-hydrogen) atoms. The van der Waals surface area contributed by atoms with Gasteiger partial charge in [-0.1, -0.05) is 54.1 Å². The number of aryl methyl sites for hydroxylation is 3. The number of hydrogen-bond donors (Lipinski definition) is 0. The average Bonchev–Trinajstić information content (AvgIpc) is 2.90. The molecule has 3 heteroatoms. The molecule has 2 aromatic carbocycles. The van der Waals surface area contributed by atoms with Crippen LogP contribution in [-0.4, -0.2) is 9.55 Å². The molecule has 0 aliphatic rings. The Balaban J connectivity index is 0.00000210. The second-order valence-electron chi connectivity index (χ2n) is 7.15. The Morgan fingerprint density at radius 1 is 0.889 bits per heavy atom. The van der Waals surface area contributed by atoms with Gasteiger partial charge in [-0.05, 0) is 50.5 Å². The third-order valence-electron chi connectivity index (χ3n) is 5.43. The molecule has 0 bridgehead atoms. The lowest BCUT2D eigenvalue weighted by molar-refractivity contribution is 0.794. The van der Waals surface area contributed by atoms with Crippen molar-refractivity contribution in [3.63, 3.8) is 0 Å². The molecule has 0 unspecified atom stereocenters. The average molecular weight is 377 g/mol. The summed E-state index contributed by atoms with van der Waals surface area (Å²) in [6.45, 7) is 9.65. The number of benzene rings is 2. The first-order valence-corrected chi connectivity index (χ1v) is 9.12. The van der Waals surface area contributed by atoms with Crippen LogP contribution in [0.3, 0.4) is 0 Å². The van der Waals surface area contributed by atoms with Gasteiger partial charge in [0.05, 0.1) is 11.2 Å². The van der Waals surface area contributed by atoms with E-state index in [1.165, 1.54) is 38.9 Å². The van der Waals surface area contributed by atoms with Crippen molar-refractivity contribution in [3.8, 4) is 11.3 Å². The fourth-order valence-corrected chi connectivity index (χ4v) is 3.74. The molecular weight excluding hydrogens is 352 g/mol. The Kier molecular flexibility index (Phi) is 5.38. The van der Waals surface area contributed by atoms with Gasteiger partial charge < -0.3 is 4.57 Å². The van der Waals surface area contributed by atoms with Crippen LogP contribution in [0.1, 0.15) is 27.9 Å². The Morgan fingerprint density at radius 2 is 1.63 bits per heavy atom. The van der Waals surface area contributed by atoms with Gasteiger partial charge in [0.15, 0.2) is 0 Å². The lowest BCUT2D eigenvalue weighted by Crippen LogP contribution is -2.05. The second kappa shape index (κ2) is 7.58. The molecular formula is C24H25ClN2. The van der Waals surface area contributed by atoms with Crippen LogP contribution >= 0.6 is 12.4 Å². The Bertz CT molecular complexity index is 1090. The van der Waals surface area contributed by atoms with Crippen molar-refractivity contribution in [1.29, 1.82) is 0 Å². The first-order chi connectivity index (χ1) is 12.6. The van der Waals surface area contributed by atoms with E-state index in [2.05, 4.69) is 86.9 Å². The van der Waals surface area contributed by atoms with Crippen molar-refractivity contribution in [2.24, 2.45) is 0 Å². The molecule has 0 amide bonds. The molecule has 0 radical (unpaired) electrons. The molecule has 0 atom stereocenters. The van der Waals surface area contributed by atoms with Gasteiger partial charge in [0.25, 0.3) is 0 Å². The first kappa shape index (κ1) is 19.2. The molecule has 138 valence electrons. The zero-order chi connectivity index (χ0) is 18.3. The van der Waals surface area contributed by atoms with Crippen molar-refractivity contribution in [1.82, 2.24) is 9.55 Å². The lowest BCUT2D eigenvalue weighted by Gasteiger charge is -2.14. The van der Waals surface area contributed by atoms with Crippen LogP contribution in [0.15, 0.2) is 60.8 Å². The molecule has 2 nitrogen and oxygen atoms in total. The topological polar surface area (TPSA) is 17.8 Å². The highest BCUT2D eigenvalue weighted by Gasteiger charge is 2.17. The largest absolute Gasteiger partial charge is 0.338 e. The molecule has 0 spiro atoms. The van der Waals surface area contributed by atoms with Gasteiger partial charge in [0.2, 0.25) is 0 Å². The fraction of sp³-hybridized carbons (Fsp3) is 0.208. The van der Waals surface area contributed by atoms with Crippen molar-refractivity contribution in [2.75, 3.05) is 0 Å². The van der Waals surface area contributed by atoms with Gasteiger partial charge in [-0.3, -0.25) is 4.98 Å². The summed E-state index contributed by atoms with van der Waals surface area (Å²) in [6.07, 6.45) is 1.93. The first-order valence-electron chi connectivity index (χ1n) is 9.12. The second-order valence-corrected chi connectivity index (χ2v) is 7.15. The molecule has 0 saturated carbocycles. The molecule has 0 N–H and O–H groups in total. The van der Waals surface area contributed by atoms with Gasteiger partial charge in [-0.15, -0.1) is 12.4 Å². The predicted molar refractivity (Wildman–Crippen MR) is 117 cm³/mol. The van der Waals surface area contributed by atoms with Crippen LogP contribution in [0, 0.1) is 27.7 Å². The van der Waals surface area contributed by atoms with E-state index in [0.717, 1.165) is 17.8 Å². The number of fused-ring (bicyclic) bond motifs is 1. The van der Waals surface area contributed by atoms with Gasteiger partial charge in [-0.25, -0.2) is 0 Å². The third kappa shape index (κ3) is 3.38. The van der Waals surface area contributed by atoms with E-state index < -0.39 is 0 Å². The monoisotopic (exact) mass is 376 g/mol. The van der Waals surface area contributed by atoms with Crippen LogP contribution in [0.2, 0.25) is 0 Å². The number of aromatic nitrogens is 2. The summed E-state index contributed by atoms with van der Waals surface area (Å²) in [6, 6.07) is 19.3. The van der Waals surface area contributed by atoms with Crippen LogP contribution in [-0.2, 0) is 6.54 Å². The van der Waals surface area contributed by atoms with E-state index in [9.17, 15) is 0 Å². The van der Waals surface area contributed by atoms with E-state index in [1.807, 2.05) is 6.20 Å². The molecule has 4 aromatic rings. The van der Waals surface area contributed by atoms with Gasteiger partial charge >= 0.3 is 0 Å². The number of pyridine rings is 1. The highest BCUT2D eigenvalue weighted by atomic mass is 35.5. The summed E-state index contributed by atoms with van der Waals surface area (Å²) in [7, 11) is 0. The van der Waals surface area contributed by atoms with Crippen LogP contribution in [0.25, 0.3) is 22.2 Å².